The molecule has 1 amide bonds. The Balaban J connectivity index is 2.19. The summed E-state index contributed by atoms with van der Waals surface area (Å²) in [4.78, 5) is 24.4. The van der Waals surface area contributed by atoms with Crippen molar-refractivity contribution < 1.29 is 19.4 Å². The van der Waals surface area contributed by atoms with Crippen LogP contribution in [0.15, 0.2) is 23.1 Å². The van der Waals surface area contributed by atoms with E-state index in [-0.39, 0.29) is 10.4 Å². The van der Waals surface area contributed by atoms with Crippen molar-refractivity contribution in [2.75, 3.05) is 6.54 Å². The van der Waals surface area contributed by atoms with Crippen LogP contribution in [0.2, 0.25) is 5.02 Å². The van der Waals surface area contributed by atoms with Gasteiger partial charge in [-0.3, -0.25) is 14.5 Å². The first-order valence-electron chi connectivity index (χ1n) is 7.25. The van der Waals surface area contributed by atoms with E-state index >= 15 is 0 Å². The molecule has 0 saturated carbocycles. The molecule has 1 aliphatic heterocycles. The molecule has 128 valence electrons. The van der Waals surface area contributed by atoms with Gasteiger partial charge in [-0.15, -0.1) is 0 Å². The molecule has 1 aliphatic rings. The molecule has 8 heteroatoms. The van der Waals surface area contributed by atoms with Crippen LogP contribution in [0.1, 0.15) is 25.8 Å². The molecule has 1 saturated heterocycles. The maximum Gasteiger partial charge on any atom is 0.323 e. The van der Waals surface area contributed by atoms with Crippen molar-refractivity contribution in [3.05, 3.63) is 33.7 Å². The molecule has 0 unspecified atom stereocenters. The van der Waals surface area contributed by atoms with Crippen molar-refractivity contribution in [1.29, 1.82) is 0 Å². The first-order valence-corrected chi connectivity index (χ1v) is 8.85. The van der Waals surface area contributed by atoms with Crippen LogP contribution in [0.5, 0.6) is 5.75 Å². The van der Waals surface area contributed by atoms with E-state index in [4.69, 9.17) is 33.7 Å². The minimum absolute atomic E-state index is 0.0561. The highest BCUT2D eigenvalue weighted by Gasteiger charge is 2.33. The van der Waals surface area contributed by atoms with Gasteiger partial charge in [-0.25, -0.2) is 0 Å². The summed E-state index contributed by atoms with van der Waals surface area (Å²) in [7, 11) is 0. The lowest BCUT2D eigenvalue weighted by molar-refractivity contribution is -0.140. The lowest BCUT2D eigenvalue weighted by Gasteiger charge is -2.14. The zero-order valence-corrected chi connectivity index (χ0v) is 15.5. The number of thioether (sulfide) groups is 1. The largest absolute Gasteiger partial charge is 0.489 e. The fourth-order valence-corrected chi connectivity index (χ4v) is 3.41. The molecule has 2 rings (SSSR count). The van der Waals surface area contributed by atoms with Crippen LogP contribution in [0.4, 0.5) is 0 Å². The van der Waals surface area contributed by atoms with Crippen molar-refractivity contribution in [3.8, 4) is 5.75 Å². The maximum atomic E-state index is 12.2. The number of carbonyl (C=O) groups excluding carboxylic acids is 1. The predicted octanol–water partition coefficient (Wildman–Crippen LogP) is 3.80. The molecule has 0 radical (unpaired) electrons. The number of aliphatic carboxylic acids is 1. The molecule has 1 heterocycles. The van der Waals surface area contributed by atoms with E-state index in [1.165, 1.54) is 0 Å². The Morgan fingerprint density at radius 1 is 1.54 bits per heavy atom. The van der Waals surface area contributed by atoms with Gasteiger partial charge < -0.3 is 9.84 Å². The smallest absolute Gasteiger partial charge is 0.323 e. The molecular formula is C16H16ClNO4S2. The van der Waals surface area contributed by atoms with Gasteiger partial charge >= 0.3 is 5.97 Å². The molecule has 0 bridgehead atoms. The number of carbonyl (C=O) groups is 2. The Labute approximate surface area is 154 Å². The van der Waals surface area contributed by atoms with Gasteiger partial charge in [-0.2, -0.15) is 0 Å². The Kier molecular flexibility index (Phi) is 6.26. The Morgan fingerprint density at radius 2 is 2.25 bits per heavy atom. The third-order valence-electron chi connectivity index (χ3n) is 3.32. The molecule has 0 aromatic heterocycles. The van der Waals surface area contributed by atoms with E-state index in [1.54, 1.807) is 24.3 Å². The second kappa shape index (κ2) is 8.00. The Morgan fingerprint density at radius 3 is 2.83 bits per heavy atom. The van der Waals surface area contributed by atoms with E-state index < -0.39 is 18.4 Å². The van der Waals surface area contributed by atoms with E-state index in [9.17, 15) is 9.59 Å². The second-order valence-corrected chi connectivity index (χ2v) is 7.27. The maximum absolute atomic E-state index is 12.2. The van der Waals surface area contributed by atoms with Crippen molar-refractivity contribution in [2.24, 2.45) is 0 Å². The van der Waals surface area contributed by atoms with Gasteiger partial charge in [0.15, 0.2) is 0 Å². The molecule has 1 fully saturated rings. The lowest BCUT2D eigenvalue weighted by atomic mass is 10.2. The SMILES string of the molecule is CC[C@H](C)Oc1ccc(/C=C2/SC(=S)N(CC(=O)O)C2=O)cc1Cl. The van der Waals surface area contributed by atoms with E-state index in [0.29, 0.717) is 21.2 Å². The Bertz CT molecular complexity index is 720. The molecule has 5 nitrogen and oxygen atoms in total. The number of thiocarbonyl (C=S) groups is 1. The van der Waals surface area contributed by atoms with Crippen molar-refractivity contribution in [2.45, 2.75) is 26.4 Å². The molecule has 1 aromatic rings. The highest BCUT2D eigenvalue weighted by atomic mass is 35.5. The molecule has 1 atom stereocenters. The van der Waals surface area contributed by atoms with Crippen molar-refractivity contribution in [1.82, 2.24) is 4.90 Å². The summed E-state index contributed by atoms with van der Waals surface area (Å²) in [5.41, 5.74) is 0.715. The summed E-state index contributed by atoms with van der Waals surface area (Å²) in [5.74, 6) is -0.938. The first-order chi connectivity index (χ1) is 11.3. The number of halogens is 1. The number of carboxylic acids is 1. The summed E-state index contributed by atoms with van der Waals surface area (Å²) in [6, 6.07) is 5.23. The summed E-state index contributed by atoms with van der Waals surface area (Å²) < 4.78 is 5.93. The van der Waals surface area contributed by atoms with Gasteiger partial charge in [0.2, 0.25) is 0 Å². The quantitative estimate of drug-likeness (QED) is 0.593. The fraction of sp³-hybridized carbons (Fsp3) is 0.312. The van der Waals surface area contributed by atoms with E-state index in [0.717, 1.165) is 23.1 Å². The van der Waals surface area contributed by atoms with Crippen LogP contribution < -0.4 is 4.74 Å². The zero-order chi connectivity index (χ0) is 17.9. The number of benzene rings is 1. The third-order valence-corrected chi connectivity index (χ3v) is 5.00. The molecule has 0 spiro atoms. The van der Waals surface area contributed by atoms with Crippen LogP contribution >= 0.6 is 35.6 Å². The minimum Gasteiger partial charge on any atom is -0.489 e. The summed E-state index contributed by atoms with van der Waals surface area (Å²) in [6.07, 6.45) is 2.56. The summed E-state index contributed by atoms with van der Waals surface area (Å²) >= 11 is 12.3. The number of carboxylic acid groups (broad SMARTS) is 1. The van der Waals surface area contributed by atoms with Gasteiger partial charge in [0.1, 0.15) is 16.6 Å². The lowest BCUT2D eigenvalue weighted by Crippen LogP contribution is -2.33. The topological polar surface area (TPSA) is 66.8 Å². The van der Waals surface area contributed by atoms with Gasteiger partial charge in [-0.05, 0) is 37.1 Å². The van der Waals surface area contributed by atoms with Crippen molar-refractivity contribution in [3.63, 3.8) is 0 Å². The molecular weight excluding hydrogens is 370 g/mol. The molecule has 1 N–H and O–H groups in total. The molecule has 24 heavy (non-hydrogen) atoms. The summed E-state index contributed by atoms with van der Waals surface area (Å²) in [6.45, 7) is 3.54. The van der Waals surface area contributed by atoms with Crippen LogP contribution in [-0.2, 0) is 9.59 Å². The first kappa shape index (κ1) is 18.8. The van der Waals surface area contributed by atoms with Crippen LogP contribution in [0.3, 0.4) is 0 Å². The third kappa shape index (κ3) is 4.49. The molecule has 0 aliphatic carbocycles. The van der Waals surface area contributed by atoms with Crippen LogP contribution in [-0.4, -0.2) is 38.9 Å². The van der Waals surface area contributed by atoms with E-state index in [2.05, 4.69) is 0 Å². The number of rotatable bonds is 6. The van der Waals surface area contributed by atoms with Crippen molar-refractivity contribution >= 4 is 57.9 Å². The average molecular weight is 386 g/mol. The van der Waals surface area contributed by atoms with Gasteiger partial charge in [0.05, 0.1) is 16.0 Å². The minimum atomic E-state index is -1.11. The second-order valence-electron chi connectivity index (χ2n) is 5.19. The molecule has 1 aromatic carbocycles. The monoisotopic (exact) mass is 385 g/mol. The number of amides is 1. The number of hydrogen-bond donors (Lipinski definition) is 1. The number of ether oxygens (including phenoxy) is 1. The number of nitrogens with zero attached hydrogens (tertiary/aromatic N) is 1. The highest BCUT2D eigenvalue weighted by molar-refractivity contribution is 8.26. The van der Waals surface area contributed by atoms with Gasteiger partial charge in [0.25, 0.3) is 5.91 Å². The van der Waals surface area contributed by atoms with E-state index in [1.807, 2.05) is 13.8 Å². The normalized spacial score (nSPS) is 17.5. The average Bonchev–Trinajstić information content (AvgIpc) is 2.77. The van der Waals surface area contributed by atoms with Gasteiger partial charge in [0, 0.05) is 0 Å². The fourth-order valence-electron chi connectivity index (χ4n) is 1.93. The van der Waals surface area contributed by atoms with Gasteiger partial charge in [-0.1, -0.05) is 48.6 Å². The number of hydrogen-bond acceptors (Lipinski definition) is 5. The van der Waals surface area contributed by atoms with Crippen LogP contribution in [0, 0.1) is 0 Å². The predicted molar refractivity (Wildman–Crippen MR) is 99.3 cm³/mol. The highest BCUT2D eigenvalue weighted by Crippen LogP contribution is 2.34. The summed E-state index contributed by atoms with van der Waals surface area (Å²) in [5, 5.41) is 9.28. The Hall–Kier alpha value is -1.57. The standard InChI is InChI=1S/C16H16ClNO4S2/c1-3-9(2)22-12-5-4-10(6-11(12)17)7-13-15(21)18(8-14(19)20)16(23)24-13/h4-7,9H,3,8H2,1-2H3,(H,19,20)/b13-7+/t9-/m0/s1. The zero-order valence-electron chi connectivity index (χ0n) is 13.1. The van der Waals surface area contributed by atoms with Crippen LogP contribution in [0.25, 0.3) is 6.08 Å².